The van der Waals surface area contributed by atoms with Gasteiger partial charge in [-0.05, 0) is 64.2 Å². The van der Waals surface area contributed by atoms with Crippen molar-refractivity contribution in [1.29, 1.82) is 0 Å². The van der Waals surface area contributed by atoms with Crippen molar-refractivity contribution in [2.24, 2.45) is 0 Å². The molecule has 0 fully saturated rings. The van der Waals surface area contributed by atoms with Gasteiger partial charge in [-0.25, -0.2) is 4.57 Å². The summed E-state index contributed by atoms with van der Waals surface area (Å²) in [5.74, 6) is -0.802. The van der Waals surface area contributed by atoms with Crippen LogP contribution in [0.15, 0.2) is 36.5 Å². The lowest BCUT2D eigenvalue weighted by molar-refractivity contribution is -0.870. The Bertz CT molecular complexity index is 1330. The Morgan fingerprint density at radius 1 is 0.425 bits per heavy atom. The monoisotopic (exact) mass is 1050 g/mol. The molecular weight excluding hydrogens is 930 g/mol. The molecule has 0 aromatic carbocycles. The van der Waals surface area contributed by atoms with Gasteiger partial charge in [0.1, 0.15) is 19.8 Å². The van der Waals surface area contributed by atoms with Crippen molar-refractivity contribution in [2.75, 3.05) is 47.5 Å². The Morgan fingerprint density at radius 2 is 0.753 bits per heavy atom. The summed E-state index contributed by atoms with van der Waals surface area (Å²) in [6, 6.07) is 0. The number of likely N-dealkylation sites (N-methyl/N-ethyl adjacent to an activating group) is 1. The van der Waals surface area contributed by atoms with Crippen LogP contribution in [0.25, 0.3) is 0 Å². The van der Waals surface area contributed by atoms with Gasteiger partial charge in [-0.1, -0.05) is 262 Å². The lowest BCUT2D eigenvalue weighted by Gasteiger charge is -2.24. The first kappa shape index (κ1) is 71.2. The number of unbranched alkanes of at least 4 members (excludes halogenated alkanes) is 38. The maximum atomic E-state index is 12.8. The van der Waals surface area contributed by atoms with Crippen LogP contribution >= 0.6 is 7.82 Å². The van der Waals surface area contributed by atoms with E-state index in [0.29, 0.717) is 17.4 Å². The number of phosphoric acid groups is 1. The SMILES string of the molecule is CCCC/C=C\C/C=C\CCCCCCCC(=O)OC(COC(=O)CCCCCCCCCCCCCCCCCCCCCCCCC/C=C\CCCCCCCCCC)COP(=O)(O)OCC[N+](C)(C)C. The lowest BCUT2D eigenvalue weighted by atomic mass is 10.0. The second-order valence-corrected chi connectivity index (χ2v) is 23.9. The van der Waals surface area contributed by atoms with Gasteiger partial charge in [0, 0.05) is 12.8 Å². The van der Waals surface area contributed by atoms with Crippen molar-refractivity contribution in [2.45, 2.75) is 309 Å². The smallest absolute Gasteiger partial charge is 0.462 e. The number of carbonyl (C=O) groups excluding carboxylic acids is 2. The molecule has 9 nitrogen and oxygen atoms in total. The lowest BCUT2D eigenvalue weighted by Crippen LogP contribution is -2.37. The van der Waals surface area contributed by atoms with E-state index in [9.17, 15) is 19.0 Å². The second-order valence-electron chi connectivity index (χ2n) is 22.4. The molecule has 73 heavy (non-hydrogen) atoms. The molecule has 2 unspecified atom stereocenters. The fraction of sp³-hybridized carbons (Fsp3) is 0.873. The van der Waals surface area contributed by atoms with Gasteiger partial charge < -0.3 is 18.9 Å². The van der Waals surface area contributed by atoms with Gasteiger partial charge in [-0.15, -0.1) is 0 Å². The molecule has 2 atom stereocenters. The fourth-order valence-corrected chi connectivity index (χ4v) is 9.77. The van der Waals surface area contributed by atoms with Crippen LogP contribution in [0.3, 0.4) is 0 Å². The van der Waals surface area contributed by atoms with E-state index >= 15 is 0 Å². The minimum absolute atomic E-state index is 0.0302. The number of carbonyl (C=O) groups is 2. The van der Waals surface area contributed by atoms with Crippen molar-refractivity contribution in [3.05, 3.63) is 36.5 Å². The zero-order valence-corrected chi connectivity index (χ0v) is 49.8. The Kier molecular flexibility index (Phi) is 53.7. The van der Waals surface area contributed by atoms with Crippen molar-refractivity contribution in [3.63, 3.8) is 0 Å². The van der Waals surface area contributed by atoms with Crippen LogP contribution in [0.2, 0.25) is 0 Å². The molecule has 0 amide bonds. The van der Waals surface area contributed by atoms with Crippen LogP contribution < -0.4 is 0 Å². The van der Waals surface area contributed by atoms with Crippen molar-refractivity contribution in [3.8, 4) is 0 Å². The van der Waals surface area contributed by atoms with Crippen LogP contribution in [0.5, 0.6) is 0 Å². The van der Waals surface area contributed by atoms with E-state index in [1.54, 1.807) is 0 Å². The molecule has 0 rings (SSSR count). The number of rotatable bonds is 58. The van der Waals surface area contributed by atoms with Gasteiger partial charge >= 0.3 is 19.8 Å². The summed E-state index contributed by atoms with van der Waals surface area (Å²) < 4.78 is 34.5. The molecule has 0 heterocycles. The molecule has 0 saturated heterocycles. The van der Waals surface area contributed by atoms with E-state index in [1.807, 2.05) is 21.1 Å². The third-order valence-electron chi connectivity index (χ3n) is 13.9. The fourth-order valence-electron chi connectivity index (χ4n) is 9.03. The van der Waals surface area contributed by atoms with E-state index in [1.165, 1.54) is 205 Å². The molecule has 0 saturated carbocycles. The maximum Gasteiger partial charge on any atom is 0.472 e. The Hall–Kier alpha value is -1.77. The van der Waals surface area contributed by atoms with Gasteiger partial charge in [0.05, 0.1) is 27.7 Å². The topological polar surface area (TPSA) is 108 Å². The van der Waals surface area contributed by atoms with Gasteiger partial charge in [0.25, 0.3) is 0 Å². The molecule has 0 aromatic rings. The Labute approximate surface area is 452 Å². The van der Waals surface area contributed by atoms with Crippen molar-refractivity contribution in [1.82, 2.24) is 0 Å². The number of quaternary nitrogens is 1. The number of allylic oxidation sites excluding steroid dienone is 6. The van der Waals surface area contributed by atoms with Crippen LogP contribution in [0, 0.1) is 0 Å². The first-order valence-electron chi connectivity index (χ1n) is 31.2. The van der Waals surface area contributed by atoms with Crippen molar-refractivity contribution >= 4 is 19.8 Å². The summed E-state index contributed by atoms with van der Waals surface area (Å²) in [7, 11) is 1.48. The number of hydrogen-bond acceptors (Lipinski definition) is 7. The highest BCUT2D eigenvalue weighted by Gasteiger charge is 2.27. The third-order valence-corrected chi connectivity index (χ3v) is 14.9. The Balaban J connectivity index is 3.92. The summed E-state index contributed by atoms with van der Waals surface area (Å²) >= 11 is 0. The molecule has 0 aromatic heterocycles. The third kappa shape index (κ3) is 59.3. The second kappa shape index (κ2) is 55.0. The number of nitrogens with zero attached hydrogens (tertiary/aromatic N) is 1. The number of hydrogen-bond donors (Lipinski definition) is 1. The first-order chi connectivity index (χ1) is 35.5. The predicted molar refractivity (Wildman–Crippen MR) is 312 cm³/mol. The summed E-state index contributed by atoms with van der Waals surface area (Å²) in [5, 5.41) is 0. The molecule has 430 valence electrons. The summed E-state index contributed by atoms with van der Waals surface area (Å²) in [4.78, 5) is 35.6. The predicted octanol–water partition coefficient (Wildman–Crippen LogP) is 19.5. The normalized spacial score (nSPS) is 13.5. The minimum Gasteiger partial charge on any atom is -0.462 e. The van der Waals surface area contributed by atoms with Crippen LogP contribution in [-0.4, -0.2) is 74.9 Å². The number of esters is 2. The van der Waals surface area contributed by atoms with E-state index in [2.05, 4.69) is 50.3 Å². The van der Waals surface area contributed by atoms with Crippen LogP contribution in [-0.2, 0) is 32.7 Å². The molecule has 0 aliphatic rings. The van der Waals surface area contributed by atoms with E-state index < -0.39 is 26.5 Å². The molecular formula is C63H121NO8P+. The average Bonchev–Trinajstić information content (AvgIpc) is 3.35. The highest BCUT2D eigenvalue weighted by atomic mass is 31.2. The molecule has 0 aliphatic carbocycles. The molecule has 0 aliphatic heterocycles. The Morgan fingerprint density at radius 3 is 1.14 bits per heavy atom. The maximum absolute atomic E-state index is 12.8. The van der Waals surface area contributed by atoms with Gasteiger partial charge in [0.2, 0.25) is 0 Å². The highest BCUT2D eigenvalue weighted by molar-refractivity contribution is 7.47. The summed E-state index contributed by atoms with van der Waals surface area (Å²) in [6.07, 6.45) is 68.2. The zero-order chi connectivity index (χ0) is 53.5. The molecule has 1 N–H and O–H groups in total. The summed E-state index contributed by atoms with van der Waals surface area (Å²) in [5.41, 5.74) is 0. The van der Waals surface area contributed by atoms with E-state index in [4.69, 9.17) is 18.5 Å². The summed E-state index contributed by atoms with van der Waals surface area (Å²) in [6.45, 7) is 4.41. The van der Waals surface area contributed by atoms with E-state index in [-0.39, 0.29) is 32.0 Å². The number of phosphoric ester groups is 1. The van der Waals surface area contributed by atoms with Gasteiger partial charge in [-0.3, -0.25) is 18.6 Å². The minimum atomic E-state index is -4.38. The van der Waals surface area contributed by atoms with Gasteiger partial charge in [0.15, 0.2) is 6.10 Å². The van der Waals surface area contributed by atoms with E-state index in [0.717, 1.165) is 64.2 Å². The standard InChI is InChI=1S/C63H120NO8P/c1-6-8-10-12-14-16-18-20-22-23-24-25-26-27-28-29-30-31-32-33-34-35-36-37-38-39-40-41-42-44-45-47-49-51-53-55-62(65)69-59-61(60-71-73(67,68)70-58-57-64(3,4)5)72-63(66)56-54-52-50-48-46-43-21-19-17-15-13-11-9-7-2/h13,15,19,21,23-24,61H,6-12,14,16-18,20,22,25-60H2,1-5H3/p+1/b15-13-,21-19-,24-23-. The van der Waals surface area contributed by atoms with Crippen LogP contribution in [0.1, 0.15) is 303 Å². The average molecular weight is 1050 g/mol. The van der Waals surface area contributed by atoms with Crippen LogP contribution in [0.4, 0.5) is 0 Å². The quantitative estimate of drug-likeness (QED) is 0.0211. The number of ether oxygens (including phenoxy) is 2. The largest absolute Gasteiger partial charge is 0.472 e. The van der Waals surface area contributed by atoms with Crippen molar-refractivity contribution < 1.29 is 42.1 Å². The first-order valence-corrected chi connectivity index (χ1v) is 32.7. The van der Waals surface area contributed by atoms with Gasteiger partial charge in [-0.2, -0.15) is 0 Å². The molecule has 0 radical (unpaired) electrons. The molecule has 10 heteroatoms. The molecule has 0 bridgehead atoms. The highest BCUT2D eigenvalue weighted by Crippen LogP contribution is 2.43. The zero-order valence-electron chi connectivity index (χ0n) is 48.9. The molecule has 0 spiro atoms.